The van der Waals surface area contributed by atoms with Crippen molar-refractivity contribution in [3.8, 4) is 0 Å². The number of hydrogen-bond acceptors (Lipinski definition) is 3. The maximum Gasteiger partial charge on any atom is 0.302 e. The van der Waals surface area contributed by atoms with Crippen molar-refractivity contribution in [1.82, 2.24) is 0 Å². The highest BCUT2D eigenvalue weighted by Gasteiger charge is 2.77. The third kappa shape index (κ3) is 3.34. The van der Waals surface area contributed by atoms with Gasteiger partial charge in [0.1, 0.15) is 6.10 Å². The molecule has 5 aliphatic carbocycles. The largest absolute Gasteiger partial charge is 0.462 e. The number of fused-ring (bicyclic) bond motifs is 4. The van der Waals surface area contributed by atoms with E-state index in [9.17, 15) is 4.79 Å². The third-order valence-electron chi connectivity index (χ3n) is 12.8. The SMILES string of the molecule is CO[C@@H]1C[C@H]2[C@@H]3CC[C@H]([C@H](C)[C@@H](CC(C)=C(C)C)OC(C)=O)[C@@]3(C)CC[C@@H]2[C@@]2(C)CC[C@@H]3C[C@]312. The van der Waals surface area contributed by atoms with Crippen LogP contribution in [0.25, 0.3) is 0 Å². The van der Waals surface area contributed by atoms with Gasteiger partial charge in [0.2, 0.25) is 0 Å². The minimum Gasteiger partial charge on any atom is -0.462 e. The summed E-state index contributed by atoms with van der Waals surface area (Å²) in [5.41, 5.74) is 4.08. The van der Waals surface area contributed by atoms with Crippen molar-refractivity contribution < 1.29 is 14.3 Å². The van der Waals surface area contributed by atoms with E-state index in [2.05, 4.69) is 41.5 Å². The number of carbonyl (C=O) groups excluding carboxylic acids is 1. The molecule has 0 aromatic heterocycles. The molecule has 5 fully saturated rings. The minimum absolute atomic E-state index is 0.00776. The van der Waals surface area contributed by atoms with E-state index in [1.807, 2.05) is 7.11 Å². The molecule has 0 saturated heterocycles. The second-order valence-corrected chi connectivity index (χ2v) is 14.0. The van der Waals surface area contributed by atoms with Gasteiger partial charge in [-0.3, -0.25) is 4.79 Å². The summed E-state index contributed by atoms with van der Waals surface area (Å²) in [5, 5.41) is 0. The van der Waals surface area contributed by atoms with Gasteiger partial charge in [-0.2, -0.15) is 0 Å². The van der Waals surface area contributed by atoms with E-state index in [0.29, 0.717) is 34.2 Å². The molecule has 0 amide bonds. The number of rotatable bonds is 6. The van der Waals surface area contributed by atoms with Crippen molar-refractivity contribution in [2.24, 2.45) is 51.8 Å². The van der Waals surface area contributed by atoms with Gasteiger partial charge in [0.05, 0.1) is 6.10 Å². The van der Waals surface area contributed by atoms with E-state index >= 15 is 0 Å². The molecule has 0 unspecified atom stereocenters. The van der Waals surface area contributed by atoms with Crippen molar-refractivity contribution in [3.63, 3.8) is 0 Å². The first kappa shape index (κ1) is 24.8. The van der Waals surface area contributed by atoms with Gasteiger partial charge in [0.15, 0.2) is 0 Å². The summed E-state index contributed by atoms with van der Waals surface area (Å²) in [6.45, 7) is 15.8. The van der Waals surface area contributed by atoms with E-state index in [0.717, 1.165) is 30.1 Å². The lowest BCUT2D eigenvalue weighted by molar-refractivity contribution is -0.166. The van der Waals surface area contributed by atoms with Crippen LogP contribution < -0.4 is 0 Å². The smallest absolute Gasteiger partial charge is 0.302 e. The second kappa shape index (κ2) is 8.35. The van der Waals surface area contributed by atoms with Gasteiger partial charge in [0.25, 0.3) is 0 Å². The Labute approximate surface area is 208 Å². The van der Waals surface area contributed by atoms with Gasteiger partial charge in [-0.25, -0.2) is 0 Å². The number of allylic oxidation sites excluding steroid dienone is 1. The molecule has 0 heterocycles. The molecule has 5 saturated carbocycles. The average Bonchev–Trinajstić information content (AvgIpc) is 3.28. The molecule has 11 atom stereocenters. The van der Waals surface area contributed by atoms with Crippen LogP contribution in [0.2, 0.25) is 0 Å². The highest BCUT2D eigenvalue weighted by molar-refractivity contribution is 5.66. The van der Waals surface area contributed by atoms with Crippen molar-refractivity contribution >= 4 is 5.97 Å². The van der Waals surface area contributed by atoms with E-state index in [1.54, 1.807) is 6.92 Å². The van der Waals surface area contributed by atoms with Crippen LogP contribution in [0, 0.1) is 51.8 Å². The summed E-state index contributed by atoms with van der Waals surface area (Å²) in [6.07, 6.45) is 12.3. The first-order valence-electron chi connectivity index (χ1n) is 14.3. The van der Waals surface area contributed by atoms with Crippen molar-refractivity contribution in [2.75, 3.05) is 7.11 Å². The number of ether oxygens (including phenoxy) is 2. The zero-order valence-corrected chi connectivity index (χ0v) is 23.2. The van der Waals surface area contributed by atoms with Crippen LogP contribution in [0.5, 0.6) is 0 Å². The van der Waals surface area contributed by atoms with Crippen LogP contribution in [0.4, 0.5) is 0 Å². The molecule has 3 heteroatoms. The van der Waals surface area contributed by atoms with Crippen LogP contribution >= 0.6 is 0 Å². The number of esters is 1. The fraction of sp³-hybridized carbons (Fsp3) is 0.903. The Kier molecular flexibility index (Phi) is 6.10. The summed E-state index contributed by atoms with van der Waals surface area (Å²) < 4.78 is 12.3. The summed E-state index contributed by atoms with van der Waals surface area (Å²) in [7, 11) is 1.99. The van der Waals surface area contributed by atoms with Crippen molar-refractivity contribution in [3.05, 3.63) is 11.1 Å². The predicted molar refractivity (Wildman–Crippen MR) is 137 cm³/mol. The Morgan fingerprint density at radius 2 is 1.74 bits per heavy atom. The Morgan fingerprint density at radius 1 is 1.00 bits per heavy atom. The molecule has 3 nitrogen and oxygen atoms in total. The topological polar surface area (TPSA) is 35.5 Å². The monoisotopic (exact) mass is 470 g/mol. The molecular weight excluding hydrogens is 420 g/mol. The molecule has 0 aromatic rings. The van der Waals surface area contributed by atoms with E-state index in [1.165, 1.54) is 62.5 Å². The molecule has 0 bridgehead atoms. The first-order valence-corrected chi connectivity index (χ1v) is 14.3. The predicted octanol–water partition coefficient (Wildman–Crippen LogP) is 7.58. The van der Waals surface area contributed by atoms with Crippen molar-refractivity contribution in [1.29, 1.82) is 0 Å². The molecule has 1 spiro atoms. The fourth-order valence-corrected chi connectivity index (χ4v) is 10.8. The lowest BCUT2D eigenvalue weighted by Gasteiger charge is -2.61. The van der Waals surface area contributed by atoms with Gasteiger partial charge in [0, 0.05) is 25.9 Å². The summed E-state index contributed by atoms with van der Waals surface area (Å²) in [5.74, 6) is 4.33. The quantitative estimate of drug-likeness (QED) is 0.296. The van der Waals surface area contributed by atoms with Gasteiger partial charge in [-0.1, -0.05) is 31.9 Å². The summed E-state index contributed by atoms with van der Waals surface area (Å²) >= 11 is 0. The lowest BCUT2D eigenvalue weighted by Crippen LogP contribution is -2.57. The number of carbonyl (C=O) groups is 1. The van der Waals surface area contributed by atoms with Gasteiger partial charge >= 0.3 is 5.97 Å². The Morgan fingerprint density at radius 3 is 2.35 bits per heavy atom. The molecule has 0 N–H and O–H groups in total. The zero-order valence-electron chi connectivity index (χ0n) is 23.2. The standard InChI is InChI=1S/C31H50O3/c1-18(2)19(3)15-27(34-21(5)32)20(4)24-9-10-25-23-16-28(33-8)31-17-22(31)11-14-30(31,7)26(23)12-13-29(24,25)6/h20,22-28H,9-17H2,1-8H3/t20-,22+,23-,24+,25-,26-,27+,28+,29+,30+,31-/m0/s1. The van der Waals surface area contributed by atoms with Gasteiger partial charge < -0.3 is 9.47 Å². The van der Waals surface area contributed by atoms with Crippen LogP contribution in [0.1, 0.15) is 106 Å². The Bertz CT molecular complexity index is 857. The molecule has 0 aliphatic heterocycles. The third-order valence-corrected chi connectivity index (χ3v) is 12.8. The molecule has 0 radical (unpaired) electrons. The average molecular weight is 471 g/mol. The first-order chi connectivity index (χ1) is 16.0. The van der Waals surface area contributed by atoms with Crippen LogP contribution in [0.3, 0.4) is 0 Å². The Hall–Kier alpha value is -0.830. The summed E-state index contributed by atoms with van der Waals surface area (Å²) in [4.78, 5) is 12.1. The molecule has 34 heavy (non-hydrogen) atoms. The lowest BCUT2D eigenvalue weighted by atomic mass is 9.45. The maximum atomic E-state index is 12.1. The zero-order chi connectivity index (χ0) is 24.6. The fourth-order valence-electron chi connectivity index (χ4n) is 10.8. The number of hydrogen-bond donors (Lipinski definition) is 0. The minimum atomic E-state index is -0.129. The highest BCUT2D eigenvalue weighted by Crippen LogP contribution is 2.82. The van der Waals surface area contributed by atoms with E-state index in [4.69, 9.17) is 9.47 Å². The molecule has 0 aromatic carbocycles. The van der Waals surface area contributed by atoms with E-state index < -0.39 is 0 Å². The van der Waals surface area contributed by atoms with Gasteiger partial charge in [-0.15, -0.1) is 0 Å². The second-order valence-electron chi connectivity index (χ2n) is 14.0. The highest BCUT2D eigenvalue weighted by atomic mass is 16.5. The maximum absolute atomic E-state index is 12.1. The Balaban J connectivity index is 1.40. The summed E-state index contributed by atoms with van der Waals surface area (Å²) in [6, 6.07) is 0. The van der Waals surface area contributed by atoms with Crippen molar-refractivity contribution in [2.45, 2.75) is 118 Å². The number of methoxy groups -OCH3 is 1. The molecule has 5 rings (SSSR count). The molecule has 192 valence electrons. The molecular formula is C31H50O3. The normalized spacial score (nSPS) is 48.1. The van der Waals surface area contributed by atoms with Crippen LogP contribution in [-0.4, -0.2) is 25.3 Å². The van der Waals surface area contributed by atoms with Crippen LogP contribution in [-0.2, 0) is 14.3 Å². The molecule has 5 aliphatic rings. The van der Waals surface area contributed by atoms with E-state index in [-0.39, 0.29) is 12.1 Å². The van der Waals surface area contributed by atoms with Gasteiger partial charge in [-0.05, 0) is 118 Å². The van der Waals surface area contributed by atoms with Crippen LogP contribution in [0.15, 0.2) is 11.1 Å².